The van der Waals surface area contributed by atoms with Gasteiger partial charge in [0.25, 0.3) is 0 Å². The van der Waals surface area contributed by atoms with Crippen LogP contribution in [0.15, 0.2) is 28.2 Å². The highest BCUT2D eigenvalue weighted by molar-refractivity contribution is 9.10. The Balaban J connectivity index is 1.79. The first-order chi connectivity index (χ1) is 8.76. The summed E-state index contributed by atoms with van der Waals surface area (Å²) in [5.41, 5.74) is 0.943. The zero-order valence-electron chi connectivity index (χ0n) is 9.51. The van der Waals surface area contributed by atoms with E-state index in [4.69, 9.17) is 5.11 Å². The predicted octanol–water partition coefficient (Wildman–Crippen LogP) is 2.80. The number of rotatable bonds is 3. The van der Waals surface area contributed by atoms with Gasteiger partial charge in [0.2, 0.25) is 5.95 Å². The van der Waals surface area contributed by atoms with Crippen LogP contribution in [-0.2, 0) is 0 Å². The summed E-state index contributed by atoms with van der Waals surface area (Å²) < 4.78 is 2.07. The number of halogens is 1. The summed E-state index contributed by atoms with van der Waals surface area (Å²) >= 11 is 5.10. The van der Waals surface area contributed by atoms with Crippen LogP contribution in [0.1, 0.15) is 6.42 Å². The van der Waals surface area contributed by atoms with Crippen molar-refractivity contribution < 1.29 is 5.11 Å². The quantitative estimate of drug-likeness (QED) is 0.852. The molecular formula is C12H12BrN3OS. The zero-order chi connectivity index (χ0) is 12.5. The highest BCUT2D eigenvalue weighted by Crippen LogP contribution is 2.29. The molecule has 0 bridgehead atoms. The zero-order valence-corrected chi connectivity index (χ0v) is 11.9. The van der Waals surface area contributed by atoms with E-state index in [0.717, 1.165) is 21.1 Å². The molecule has 3 rings (SSSR count). The molecule has 2 N–H and O–H groups in total. The molecule has 0 fully saturated rings. The van der Waals surface area contributed by atoms with Gasteiger partial charge < -0.3 is 10.4 Å². The normalized spacial score (nSPS) is 22.8. The number of hydrogen-bond acceptors (Lipinski definition) is 5. The molecule has 0 amide bonds. The molecule has 94 valence electrons. The minimum atomic E-state index is 0.199. The highest BCUT2D eigenvalue weighted by Gasteiger charge is 2.18. The molecule has 1 aliphatic carbocycles. The minimum Gasteiger partial charge on any atom is -0.396 e. The lowest BCUT2D eigenvalue weighted by Gasteiger charge is -2.12. The molecule has 2 aromatic rings. The maximum absolute atomic E-state index is 9.08. The van der Waals surface area contributed by atoms with Crippen LogP contribution in [0.5, 0.6) is 0 Å². The number of aliphatic hydroxyl groups excluding tert-OH is 1. The Morgan fingerprint density at radius 1 is 1.50 bits per heavy atom. The first kappa shape index (κ1) is 12.1. The number of nitrogens with zero attached hydrogens (tertiary/aromatic N) is 2. The molecule has 2 aromatic heterocycles. The molecule has 2 atom stereocenters. The van der Waals surface area contributed by atoms with Crippen LogP contribution in [0.2, 0.25) is 0 Å². The SMILES string of the molecule is OC[C@H]1C=C[C@@H](Nc2ncc3scc(Br)c3n2)C1. The van der Waals surface area contributed by atoms with Crippen molar-refractivity contribution in [1.29, 1.82) is 0 Å². The van der Waals surface area contributed by atoms with Gasteiger partial charge in [-0.15, -0.1) is 11.3 Å². The first-order valence-electron chi connectivity index (χ1n) is 5.71. The highest BCUT2D eigenvalue weighted by atomic mass is 79.9. The van der Waals surface area contributed by atoms with Gasteiger partial charge in [0.1, 0.15) is 5.52 Å². The van der Waals surface area contributed by atoms with Crippen molar-refractivity contribution in [1.82, 2.24) is 9.97 Å². The maximum atomic E-state index is 9.08. The molecule has 0 unspecified atom stereocenters. The Morgan fingerprint density at radius 3 is 3.17 bits per heavy atom. The molecular weight excluding hydrogens is 314 g/mol. The Labute approximate surface area is 117 Å². The largest absolute Gasteiger partial charge is 0.396 e. The van der Waals surface area contributed by atoms with E-state index in [-0.39, 0.29) is 18.6 Å². The van der Waals surface area contributed by atoms with Gasteiger partial charge in [-0.1, -0.05) is 12.2 Å². The van der Waals surface area contributed by atoms with Crippen molar-refractivity contribution in [3.63, 3.8) is 0 Å². The molecule has 0 saturated carbocycles. The van der Waals surface area contributed by atoms with E-state index in [1.807, 2.05) is 17.7 Å². The standard InChI is InChI=1S/C12H12BrN3OS/c13-9-6-18-10-4-14-12(16-11(9)10)15-8-2-1-7(3-8)5-17/h1-2,4,6-8,17H,3,5H2,(H,14,15,16)/t7-,8+/m0/s1. The first-order valence-corrected chi connectivity index (χ1v) is 7.39. The molecule has 0 aromatic carbocycles. The Bertz CT molecular complexity index is 598. The number of thiophene rings is 1. The second kappa shape index (κ2) is 4.95. The number of fused-ring (bicyclic) bond motifs is 1. The smallest absolute Gasteiger partial charge is 0.223 e. The van der Waals surface area contributed by atoms with Gasteiger partial charge in [-0.2, -0.15) is 0 Å². The summed E-state index contributed by atoms with van der Waals surface area (Å²) in [5.74, 6) is 0.883. The molecule has 0 saturated heterocycles. The van der Waals surface area contributed by atoms with Crippen molar-refractivity contribution in [3.05, 3.63) is 28.2 Å². The fourth-order valence-electron chi connectivity index (χ4n) is 2.05. The van der Waals surface area contributed by atoms with E-state index < -0.39 is 0 Å². The number of hydrogen-bond donors (Lipinski definition) is 2. The van der Waals surface area contributed by atoms with E-state index in [1.165, 1.54) is 0 Å². The van der Waals surface area contributed by atoms with E-state index in [2.05, 4.69) is 37.3 Å². The lowest BCUT2D eigenvalue weighted by atomic mass is 10.1. The topological polar surface area (TPSA) is 58.0 Å². The van der Waals surface area contributed by atoms with E-state index in [9.17, 15) is 0 Å². The van der Waals surface area contributed by atoms with Crippen molar-refractivity contribution in [3.8, 4) is 0 Å². The summed E-state index contributed by atoms with van der Waals surface area (Å²) in [6, 6.07) is 0.206. The fraction of sp³-hybridized carbons (Fsp3) is 0.333. The minimum absolute atomic E-state index is 0.199. The van der Waals surface area contributed by atoms with Crippen LogP contribution in [0.4, 0.5) is 5.95 Å². The van der Waals surface area contributed by atoms with Crippen LogP contribution in [0.25, 0.3) is 10.2 Å². The molecule has 18 heavy (non-hydrogen) atoms. The van der Waals surface area contributed by atoms with Crippen molar-refractivity contribution in [2.75, 3.05) is 11.9 Å². The van der Waals surface area contributed by atoms with Gasteiger partial charge in [0.15, 0.2) is 0 Å². The fourth-order valence-corrected chi connectivity index (χ4v) is 3.49. The lowest BCUT2D eigenvalue weighted by Crippen LogP contribution is -2.18. The summed E-state index contributed by atoms with van der Waals surface area (Å²) in [6.07, 6.45) is 6.83. The summed E-state index contributed by atoms with van der Waals surface area (Å²) in [7, 11) is 0. The average Bonchev–Trinajstić information content (AvgIpc) is 2.97. The number of anilines is 1. The lowest BCUT2D eigenvalue weighted by molar-refractivity contribution is 0.250. The van der Waals surface area contributed by atoms with Crippen molar-refractivity contribution >= 4 is 43.4 Å². The van der Waals surface area contributed by atoms with Gasteiger partial charge in [-0.3, -0.25) is 0 Å². The third kappa shape index (κ3) is 2.28. The number of nitrogens with one attached hydrogen (secondary N) is 1. The van der Waals surface area contributed by atoms with Crippen LogP contribution in [0.3, 0.4) is 0 Å². The molecule has 0 radical (unpaired) electrons. The maximum Gasteiger partial charge on any atom is 0.223 e. The summed E-state index contributed by atoms with van der Waals surface area (Å²) in [6.45, 7) is 0.199. The van der Waals surface area contributed by atoms with Gasteiger partial charge in [0.05, 0.1) is 15.4 Å². The monoisotopic (exact) mass is 325 g/mol. The number of aliphatic hydroxyl groups is 1. The van der Waals surface area contributed by atoms with Gasteiger partial charge in [0, 0.05) is 23.9 Å². The van der Waals surface area contributed by atoms with Crippen LogP contribution < -0.4 is 5.32 Å². The Hall–Kier alpha value is -0.980. The molecule has 4 nitrogen and oxygen atoms in total. The van der Waals surface area contributed by atoms with Crippen molar-refractivity contribution in [2.45, 2.75) is 12.5 Å². The summed E-state index contributed by atoms with van der Waals surface area (Å²) in [5, 5.41) is 14.4. The van der Waals surface area contributed by atoms with Crippen LogP contribution in [0, 0.1) is 5.92 Å². The Kier molecular flexibility index (Phi) is 3.32. The molecule has 1 aliphatic rings. The van der Waals surface area contributed by atoms with E-state index in [1.54, 1.807) is 11.3 Å². The van der Waals surface area contributed by atoms with Crippen LogP contribution >= 0.6 is 27.3 Å². The number of aromatic nitrogens is 2. The predicted molar refractivity (Wildman–Crippen MR) is 76.9 cm³/mol. The van der Waals surface area contributed by atoms with Gasteiger partial charge in [-0.25, -0.2) is 9.97 Å². The molecule has 2 heterocycles. The molecule has 0 spiro atoms. The molecule has 6 heteroatoms. The third-order valence-corrected chi connectivity index (χ3v) is 4.81. The average molecular weight is 326 g/mol. The van der Waals surface area contributed by atoms with Crippen LogP contribution in [-0.4, -0.2) is 27.7 Å². The third-order valence-electron chi connectivity index (χ3n) is 2.99. The van der Waals surface area contributed by atoms with Gasteiger partial charge >= 0.3 is 0 Å². The second-order valence-corrected chi connectivity index (χ2v) is 6.07. The summed E-state index contributed by atoms with van der Waals surface area (Å²) in [4.78, 5) is 8.80. The second-order valence-electron chi connectivity index (χ2n) is 4.30. The Morgan fingerprint density at radius 2 is 2.39 bits per heavy atom. The molecule has 0 aliphatic heterocycles. The van der Waals surface area contributed by atoms with Crippen molar-refractivity contribution in [2.24, 2.45) is 5.92 Å². The van der Waals surface area contributed by atoms with E-state index >= 15 is 0 Å². The van der Waals surface area contributed by atoms with Gasteiger partial charge in [-0.05, 0) is 22.4 Å². The van der Waals surface area contributed by atoms with E-state index in [0.29, 0.717) is 5.95 Å².